The highest BCUT2D eigenvalue weighted by Gasteiger charge is 2.05. The van der Waals surface area contributed by atoms with Gasteiger partial charge < -0.3 is 9.84 Å². The molecule has 0 aliphatic heterocycles. The summed E-state index contributed by atoms with van der Waals surface area (Å²) < 4.78 is 6.25. The molecule has 15 heavy (non-hydrogen) atoms. The van der Waals surface area contributed by atoms with Gasteiger partial charge >= 0.3 is 5.97 Å². The molecule has 0 radical (unpaired) electrons. The first kappa shape index (κ1) is 12.0. The summed E-state index contributed by atoms with van der Waals surface area (Å²) >= 11 is 3.35. The van der Waals surface area contributed by atoms with Crippen LogP contribution < -0.4 is 4.74 Å². The maximum absolute atomic E-state index is 10.5. The Morgan fingerprint density at radius 2 is 2.27 bits per heavy atom. The molecule has 0 fully saturated rings. The predicted octanol–water partition coefficient (Wildman–Crippen LogP) is 2.87. The van der Waals surface area contributed by atoms with E-state index in [2.05, 4.69) is 15.9 Å². The highest BCUT2D eigenvalue weighted by molar-refractivity contribution is 9.10. The maximum Gasteiger partial charge on any atom is 0.307 e. The molecule has 0 spiro atoms. The Hall–Kier alpha value is -1.03. The van der Waals surface area contributed by atoms with Crippen molar-refractivity contribution in [1.82, 2.24) is 0 Å². The molecular weight excluding hydrogens is 260 g/mol. The average molecular weight is 273 g/mol. The van der Waals surface area contributed by atoms with Gasteiger partial charge in [0.1, 0.15) is 5.75 Å². The van der Waals surface area contributed by atoms with Crippen molar-refractivity contribution < 1.29 is 14.6 Å². The lowest BCUT2D eigenvalue weighted by Gasteiger charge is -2.07. The summed E-state index contributed by atoms with van der Waals surface area (Å²) in [6.07, 6.45) is 0.982. The fraction of sp³-hybridized carbons (Fsp3) is 0.364. The molecule has 0 amide bonds. The molecule has 0 aliphatic rings. The van der Waals surface area contributed by atoms with E-state index in [9.17, 15) is 4.79 Å². The van der Waals surface area contributed by atoms with Crippen LogP contribution in [-0.4, -0.2) is 17.7 Å². The second-order valence-corrected chi connectivity index (χ2v) is 4.04. The van der Waals surface area contributed by atoms with Gasteiger partial charge in [-0.2, -0.15) is 0 Å². The van der Waals surface area contributed by atoms with Crippen LogP contribution in [0.25, 0.3) is 0 Å². The summed E-state index contributed by atoms with van der Waals surface area (Å²) in [5.74, 6) is -0.0740. The van der Waals surface area contributed by atoms with Crippen LogP contribution in [-0.2, 0) is 11.2 Å². The first-order chi connectivity index (χ1) is 7.13. The number of hydrogen-bond donors (Lipinski definition) is 1. The van der Waals surface area contributed by atoms with E-state index in [1.54, 1.807) is 18.2 Å². The molecule has 0 saturated heterocycles. The van der Waals surface area contributed by atoms with Gasteiger partial charge in [0.15, 0.2) is 0 Å². The number of hydrogen-bond acceptors (Lipinski definition) is 2. The highest BCUT2D eigenvalue weighted by atomic mass is 79.9. The van der Waals surface area contributed by atoms with Crippen LogP contribution in [0, 0.1) is 0 Å². The number of ether oxygens (including phenoxy) is 1. The van der Waals surface area contributed by atoms with Gasteiger partial charge in [-0.05, 0) is 40.0 Å². The number of rotatable bonds is 5. The second-order valence-electron chi connectivity index (χ2n) is 3.18. The average Bonchev–Trinajstić information content (AvgIpc) is 2.15. The van der Waals surface area contributed by atoms with E-state index in [0.717, 1.165) is 22.2 Å². The van der Waals surface area contributed by atoms with Crippen LogP contribution in [0.2, 0.25) is 0 Å². The van der Waals surface area contributed by atoms with Gasteiger partial charge in [0.05, 0.1) is 17.5 Å². The summed E-state index contributed by atoms with van der Waals surface area (Å²) in [5.41, 5.74) is 0.762. The molecule has 0 aromatic heterocycles. The SMILES string of the molecule is CCCOc1ccc(CC(=O)O)cc1Br. The van der Waals surface area contributed by atoms with E-state index in [0.29, 0.717) is 6.61 Å². The minimum Gasteiger partial charge on any atom is -0.492 e. The predicted molar refractivity (Wildman–Crippen MR) is 61.3 cm³/mol. The highest BCUT2D eigenvalue weighted by Crippen LogP contribution is 2.26. The van der Waals surface area contributed by atoms with Gasteiger partial charge in [-0.3, -0.25) is 4.79 Å². The summed E-state index contributed by atoms with van der Waals surface area (Å²) in [6, 6.07) is 5.33. The van der Waals surface area contributed by atoms with Crippen molar-refractivity contribution in [3.63, 3.8) is 0 Å². The monoisotopic (exact) mass is 272 g/mol. The molecule has 0 bridgehead atoms. The van der Waals surface area contributed by atoms with Crippen molar-refractivity contribution in [3.05, 3.63) is 28.2 Å². The second kappa shape index (κ2) is 5.75. The molecule has 82 valence electrons. The van der Waals surface area contributed by atoms with E-state index in [-0.39, 0.29) is 6.42 Å². The summed E-state index contributed by atoms with van der Waals surface area (Å²) in [6.45, 7) is 2.70. The van der Waals surface area contributed by atoms with Gasteiger partial charge in [-0.25, -0.2) is 0 Å². The Bertz CT molecular complexity index is 350. The standard InChI is InChI=1S/C11H13BrO3/c1-2-5-15-10-4-3-8(6-9(10)12)7-11(13)14/h3-4,6H,2,5,7H2,1H3,(H,13,14). The minimum atomic E-state index is -0.830. The van der Waals surface area contributed by atoms with Crippen molar-refractivity contribution in [1.29, 1.82) is 0 Å². The zero-order valence-corrected chi connectivity index (χ0v) is 10.1. The van der Waals surface area contributed by atoms with Crippen LogP contribution in [0.5, 0.6) is 5.75 Å². The normalized spacial score (nSPS) is 10.0. The molecule has 1 aromatic rings. The van der Waals surface area contributed by atoms with Crippen LogP contribution >= 0.6 is 15.9 Å². The van der Waals surface area contributed by atoms with Crippen molar-refractivity contribution in [3.8, 4) is 5.75 Å². The molecule has 1 aromatic carbocycles. The molecule has 0 heterocycles. The van der Waals surface area contributed by atoms with Crippen LogP contribution in [0.3, 0.4) is 0 Å². The summed E-state index contributed by atoms with van der Waals surface area (Å²) in [7, 11) is 0. The number of carboxylic acids is 1. The number of carbonyl (C=O) groups is 1. The van der Waals surface area contributed by atoms with E-state index >= 15 is 0 Å². The zero-order chi connectivity index (χ0) is 11.3. The lowest BCUT2D eigenvalue weighted by Crippen LogP contribution is -2.01. The van der Waals surface area contributed by atoms with Gasteiger partial charge in [0.2, 0.25) is 0 Å². The Morgan fingerprint density at radius 1 is 1.53 bits per heavy atom. The molecular formula is C11H13BrO3. The van der Waals surface area contributed by atoms with Gasteiger partial charge in [0.25, 0.3) is 0 Å². The van der Waals surface area contributed by atoms with Crippen LogP contribution in [0.1, 0.15) is 18.9 Å². The topological polar surface area (TPSA) is 46.5 Å². The third kappa shape index (κ3) is 3.91. The fourth-order valence-corrected chi connectivity index (χ4v) is 1.70. The Labute approximate surface area is 97.2 Å². The minimum absolute atomic E-state index is 0.0344. The Balaban J connectivity index is 2.74. The van der Waals surface area contributed by atoms with Crippen molar-refractivity contribution >= 4 is 21.9 Å². The molecule has 0 aliphatic carbocycles. The molecule has 4 heteroatoms. The zero-order valence-electron chi connectivity index (χ0n) is 8.50. The Kier molecular flexibility index (Phi) is 4.62. The number of aliphatic carboxylic acids is 1. The third-order valence-corrected chi connectivity index (χ3v) is 2.43. The van der Waals surface area contributed by atoms with E-state index in [1.165, 1.54) is 0 Å². The van der Waals surface area contributed by atoms with Crippen molar-refractivity contribution in [2.75, 3.05) is 6.61 Å². The molecule has 3 nitrogen and oxygen atoms in total. The molecule has 0 saturated carbocycles. The number of benzene rings is 1. The van der Waals surface area contributed by atoms with Gasteiger partial charge in [0, 0.05) is 0 Å². The molecule has 1 rings (SSSR count). The summed E-state index contributed by atoms with van der Waals surface area (Å²) in [5, 5.41) is 8.62. The number of carboxylic acid groups (broad SMARTS) is 1. The first-order valence-corrected chi connectivity index (χ1v) is 5.55. The molecule has 0 atom stereocenters. The largest absolute Gasteiger partial charge is 0.492 e. The first-order valence-electron chi connectivity index (χ1n) is 4.76. The van der Waals surface area contributed by atoms with Crippen LogP contribution in [0.4, 0.5) is 0 Å². The van der Waals surface area contributed by atoms with Crippen LogP contribution in [0.15, 0.2) is 22.7 Å². The van der Waals surface area contributed by atoms with Gasteiger partial charge in [-0.15, -0.1) is 0 Å². The maximum atomic E-state index is 10.5. The number of halogens is 1. The lowest BCUT2D eigenvalue weighted by atomic mass is 10.1. The third-order valence-electron chi connectivity index (χ3n) is 1.81. The smallest absolute Gasteiger partial charge is 0.307 e. The van der Waals surface area contributed by atoms with Gasteiger partial charge in [-0.1, -0.05) is 13.0 Å². The van der Waals surface area contributed by atoms with E-state index in [1.807, 2.05) is 6.92 Å². The lowest BCUT2D eigenvalue weighted by molar-refractivity contribution is -0.136. The fourth-order valence-electron chi connectivity index (χ4n) is 1.16. The van der Waals surface area contributed by atoms with E-state index in [4.69, 9.17) is 9.84 Å². The van der Waals surface area contributed by atoms with Crippen molar-refractivity contribution in [2.45, 2.75) is 19.8 Å². The van der Waals surface area contributed by atoms with Crippen molar-refractivity contribution in [2.24, 2.45) is 0 Å². The Morgan fingerprint density at radius 3 is 2.80 bits per heavy atom. The van der Waals surface area contributed by atoms with E-state index < -0.39 is 5.97 Å². The quantitative estimate of drug-likeness (QED) is 0.897. The molecule has 0 unspecified atom stereocenters. The summed E-state index contributed by atoms with van der Waals surface area (Å²) in [4.78, 5) is 10.5. The molecule has 1 N–H and O–H groups in total.